The minimum absolute atomic E-state index is 0.0682. The molecule has 2 aliphatic carbocycles. The molecule has 2 heterocycles. The normalized spacial score (nSPS) is 20.1. The summed E-state index contributed by atoms with van der Waals surface area (Å²) in [6, 6.07) is 4.07. The fourth-order valence-electron chi connectivity index (χ4n) is 4.24. The van der Waals surface area contributed by atoms with Crippen molar-refractivity contribution in [2.45, 2.75) is 51.2 Å². The number of nitrogens with one attached hydrogen (secondary N) is 2. The Morgan fingerprint density at radius 1 is 1.21 bits per heavy atom. The third-order valence-corrected chi connectivity index (χ3v) is 7.31. The molecule has 0 saturated heterocycles. The van der Waals surface area contributed by atoms with Crippen molar-refractivity contribution in [1.82, 2.24) is 15.3 Å². The number of hydrogen-bond donors (Lipinski definition) is 3. The Kier molecular flexibility index (Phi) is 5.61. The number of ether oxygens (including phenoxy) is 1. The Morgan fingerprint density at radius 3 is 2.79 bits per heavy atom. The van der Waals surface area contributed by atoms with Crippen molar-refractivity contribution in [2.24, 2.45) is 5.92 Å². The van der Waals surface area contributed by atoms with Gasteiger partial charge in [0.1, 0.15) is 39.5 Å². The molecule has 2 saturated carbocycles. The maximum atomic E-state index is 14.1. The number of halogens is 1. The number of hydrogen-bond acceptors (Lipinski definition) is 7. The average Bonchev–Trinajstić information content (AvgIpc) is 3.46. The number of aryl methyl sites for hydroxylation is 1. The Hall–Kier alpha value is -3.27. The van der Waals surface area contributed by atoms with E-state index in [0.29, 0.717) is 33.0 Å². The van der Waals surface area contributed by atoms with Gasteiger partial charge in [-0.1, -0.05) is 0 Å². The highest BCUT2D eigenvalue weighted by Crippen LogP contribution is 2.38. The fourth-order valence-corrected chi connectivity index (χ4v) is 5.22. The molecular formula is C23H23FN4O4S. The SMILES string of the molecule is Cc1c(C(=O)O)sc2ncnc(Nc3ccc(F)cc3OC3CCCC3NC(=O)C3CC3)c12. The van der Waals surface area contributed by atoms with Crippen LogP contribution in [0.1, 0.15) is 47.3 Å². The smallest absolute Gasteiger partial charge is 0.346 e. The molecule has 3 aromatic rings. The van der Waals surface area contributed by atoms with Crippen LogP contribution in [0.25, 0.3) is 10.2 Å². The van der Waals surface area contributed by atoms with Crippen LogP contribution in [0, 0.1) is 18.7 Å². The quantitative estimate of drug-likeness (QED) is 0.469. The van der Waals surface area contributed by atoms with Crippen molar-refractivity contribution >= 4 is 44.9 Å². The largest absolute Gasteiger partial charge is 0.486 e. The van der Waals surface area contributed by atoms with Crippen LogP contribution in [0.3, 0.4) is 0 Å². The van der Waals surface area contributed by atoms with Gasteiger partial charge in [-0.3, -0.25) is 4.79 Å². The zero-order valence-corrected chi connectivity index (χ0v) is 18.7. The summed E-state index contributed by atoms with van der Waals surface area (Å²) in [6.45, 7) is 1.71. The molecule has 2 unspecified atom stereocenters. The van der Waals surface area contributed by atoms with Crippen molar-refractivity contribution in [3.05, 3.63) is 40.8 Å². The number of carbonyl (C=O) groups excluding carboxylic acids is 1. The van der Waals surface area contributed by atoms with Gasteiger partial charge >= 0.3 is 5.97 Å². The van der Waals surface area contributed by atoms with Gasteiger partial charge in [-0.05, 0) is 56.7 Å². The number of carboxylic acids is 1. The van der Waals surface area contributed by atoms with Crippen molar-refractivity contribution in [3.8, 4) is 5.75 Å². The highest BCUT2D eigenvalue weighted by molar-refractivity contribution is 7.20. The van der Waals surface area contributed by atoms with E-state index in [0.717, 1.165) is 43.4 Å². The summed E-state index contributed by atoms with van der Waals surface area (Å²) in [5, 5.41) is 16.3. The maximum Gasteiger partial charge on any atom is 0.346 e. The summed E-state index contributed by atoms with van der Waals surface area (Å²) >= 11 is 1.08. The lowest BCUT2D eigenvalue weighted by molar-refractivity contribution is -0.123. The van der Waals surface area contributed by atoms with E-state index < -0.39 is 11.8 Å². The summed E-state index contributed by atoms with van der Waals surface area (Å²) in [4.78, 5) is 33.0. The van der Waals surface area contributed by atoms with Gasteiger partial charge in [0.05, 0.1) is 17.1 Å². The second kappa shape index (κ2) is 8.58. The van der Waals surface area contributed by atoms with Crippen LogP contribution < -0.4 is 15.4 Å². The molecular weight excluding hydrogens is 447 g/mol. The fraction of sp³-hybridized carbons (Fsp3) is 0.391. The lowest BCUT2D eigenvalue weighted by atomic mass is 10.2. The zero-order valence-electron chi connectivity index (χ0n) is 17.9. The molecule has 10 heteroatoms. The molecule has 5 rings (SSSR count). The highest BCUT2D eigenvalue weighted by Gasteiger charge is 2.36. The molecule has 0 radical (unpaired) electrons. The first-order valence-corrected chi connectivity index (χ1v) is 11.7. The van der Waals surface area contributed by atoms with Crippen molar-refractivity contribution < 1.29 is 23.8 Å². The van der Waals surface area contributed by atoms with Crippen molar-refractivity contribution in [2.75, 3.05) is 5.32 Å². The minimum Gasteiger partial charge on any atom is -0.486 e. The summed E-state index contributed by atoms with van der Waals surface area (Å²) < 4.78 is 20.3. The Bertz CT molecular complexity index is 1240. The summed E-state index contributed by atoms with van der Waals surface area (Å²) in [7, 11) is 0. The topological polar surface area (TPSA) is 113 Å². The van der Waals surface area contributed by atoms with Crippen LogP contribution in [0.5, 0.6) is 5.75 Å². The Balaban J connectivity index is 1.42. The number of fused-ring (bicyclic) bond motifs is 1. The van der Waals surface area contributed by atoms with Crippen LogP contribution in [-0.2, 0) is 4.79 Å². The molecule has 1 aromatic carbocycles. The van der Waals surface area contributed by atoms with E-state index in [1.54, 1.807) is 13.0 Å². The number of rotatable bonds is 7. The molecule has 2 fully saturated rings. The number of carboxylic acid groups (broad SMARTS) is 1. The highest BCUT2D eigenvalue weighted by atomic mass is 32.1. The average molecular weight is 471 g/mol. The van der Waals surface area contributed by atoms with Crippen LogP contribution in [0.4, 0.5) is 15.9 Å². The molecule has 8 nitrogen and oxygen atoms in total. The van der Waals surface area contributed by atoms with Gasteiger partial charge in [-0.25, -0.2) is 19.2 Å². The van der Waals surface area contributed by atoms with Crippen LogP contribution in [0.15, 0.2) is 24.5 Å². The van der Waals surface area contributed by atoms with Crippen molar-refractivity contribution in [3.63, 3.8) is 0 Å². The van der Waals surface area contributed by atoms with E-state index in [9.17, 15) is 19.1 Å². The summed E-state index contributed by atoms with van der Waals surface area (Å²) in [5.41, 5.74) is 1.06. The first-order valence-electron chi connectivity index (χ1n) is 10.9. The van der Waals surface area contributed by atoms with E-state index in [1.807, 2.05) is 0 Å². The summed E-state index contributed by atoms with van der Waals surface area (Å²) in [5.74, 6) is -0.554. The van der Waals surface area contributed by atoms with E-state index in [4.69, 9.17) is 4.74 Å². The predicted molar refractivity (Wildman–Crippen MR) is 122 cm³/mol. The summed E-state index contributed by atoms with van der Waals surface area (Å²) in [6.07, 6.45) is 5.45. The molecule has 2 atom stereocenters. The van der Waals surface area contributed by atoms with E-state index in [1.165, 1.54) is 18.5 Å². The van der Waals surface area contributed by atoms with Gasteiger partial charge in [0.2, 0.25) is 5.91 Å². The number of benzene rings is 1. The standard InChI is InChI=1S/C23H23FN4O4S/c1-11-18-20(25-10-26-22(18)33-19(11)23(30)31)27-15-8-7-13(24)9-17(15)32-16-4-2-3-14(16)28-21(29)12-5-6-12/h7-10,12,14,16H,2-6H2,1H3,(H,28,29)(H,30,31)(H,25,26,27). The van der Waals surface area contributed by atoms with Gasteiger partial charge in [0, 0.05) is 12.0 Å². The lowest BCUT2D eigenvalue weighted by Gasteiger charge is -2.24. The first-order chi connectivity index (χ1) is 15.9. The molecule has 172 valence electrons. The van der Waals surface area contributed by atoms with E-state index >= 15 is 0 Å². The third-order valence-electron chi connectivity index (χ3n) is 6.12. The molecule has 2 aromatic heterocycles. The van der Waals surface area contributed by atoms with E-state index in [2.05, 4.69) is 20.6 Å². The molecule has 1 amide bonds. The zero-order chi connectivity index (χ0) is 23.1. The number of anilines is 2. The van der Waals surface area contributed by atoms with Gasteiger partial charge < -0.3 is 20.5 Å². The Labute approximate surface area is 193 Å². The third kappa shape index (κ3) is 4.35. The second-order valence-corrected chi connectivity index (χ2v) is 9.50. The number of nitrogens with zero attached hydrogens (tertiary/aromatic N) is 2. The Morgan fingerprint density at radius 2 is 2.03 bits per heavy atom. The number of aromatic carboxylic acids is 1. The molecule has 3 N–H and O–H groups in total. The lowest BCUT2D eigenvalue weighted by Crippen LogP contribution is -2.43. The van der Waals surface area contributed by atoms with Gasteiger partial charge in [-0.15, -0.1) is 11.3 Å². The van der Waals surface area contributed by atoms with Gasteiger partial charge in [0.15, 0.2) is 0 Å². The molecule has 0 bridgehead atoms. The molecule has 33 heavy (non-hydrogen) atoms. The predicted octanol–water partition coefficient (Wildman–Crippen LogP) is 4.41. The van der Waals surface area contributed by atoms with E-state index in [-0.39, 0.29) is 28.8 Å². The van der Waals surface area contributed by atoms with Crippen LogP contribution in [-0.4, -0.2) is 39.1 Å². The number of carbonyl (C=O) groups is 2. The van der Waals surface area contributed by atoms with Crippen LogP contribution in [0.2, 0.25) is 0 Å². The molecule has 0 spiro atoms. The van der Waals surface area contributed by atoms with Crippen LogP contribution >= 0.6 is 11.3 Å². The number of amides is 1. The number of aromatic nitrogens is 2. The molecule has 2 aliphatic rings. The second-order valence-electron chi connectivity index (χ2n) is 8.51. The van der Waals surface area contributed by atoms with Gasteiger partial charge in [0.25, 0.3) is 0 Å². The van der Waals surface area contributed by atoms with Gasteiger partial charge in [-0.2, -0.15) is 0 Å². The maximum absolute atomic E-state index is 14.1. The minimum atomic E-state index is -1.02. The number of thiophene rings is 1. The monoisotopic (exact) mass is 470 g/mol. The molecule has 0 aliphatic heterocycles. The van der Waals surface area contributed by atoms with Crippen molar-refractivity contribution in [1.29, 1.82) is 0 Å². The first kappa shape index (κ1) is 21.6.